The molecule has 5 nitrogen and oxygen atoms in total. The lowest BCUT2D eigenvalue weighted by atomic mass is 9.80. The van der Waals surface area contributed by atoms with Crippen LogP contribution in [0.15, 0.2) is 29.3 Å². The number of benzene rings is 1. The molecule has 1 saturated carbocycles. The Bertz CT molecular complexity index is 643. The van der Waals surface area contributed by atoms with Gasteiger partial charge in [0.1, 0.15) is 0 Å². The molecule has 0 aromatic heterocycles. The molecule has 1 aromatic rings. The highest BCUT2D eigenvalue weighted by atomic mass is 127. The predicted molar refractivity (Wildman–Crippen MR) is 126 cm³/mol. The van der Waals surface area contributed by atoms with Crippen LogP contribution in [0.2, 0.25) is 0 Å². The Morgan fingerprint density at radius 1 is 1.11 bits per heavy atom. The number of nitrogens with one attached hydrogen (secondary N) is 2. The average molecular weight is 498 g/mol. The van der Waals surface area contributed by atoms with Gasteiger partial charge in [-0.2, -0.15) is 0 Å². The van der Waals surface area contributed by atoms with Gasteiger partial charge in [0.25, 0.3) is 0 Å². The van der Waals surface area contributed by atoms with Crippen LogP contribution >= 0.6 is 24.0 Å². The Labute approximate surface area is 186 Å². The number of rotatable bonds is 5. The Hall–Kier alpha value is -1.31. The predicted octanol–water partition coefficient (Wildman–Crippen LogP) is 3.92. The van der Waals surface area contributed by atoms with Crippen LogP contribution in [-0.4, -0.2) is 36.4 Å². The van der Waals surface area contributed by atoms with Crippen molar-refractivity contribution >= 4 is 35.8 Å². The van der Waals surface area contributed by atoms with Gasteiger partial charge in [0.2, 0.25) is 5.91 Å². The van der Waals surface area contributed by atoms with E-state index in [1.54, 1.807) is 0 Å². The number of hydrogen-bond acceptors (Lipinski definition) is 2. The summed E-state index contributed by atoms with van der Waals surface area (Å²) in [4.78, 5) is 18.8. The van der Waals surface area contributed by atoms with Crippen LogP contribution in [0.1, 0.15) is 57.1 Å². The van der Waals surface area contributed by atoms with Crippen molar-refractivity contribution in [3.63, 3.8) is 0 Å². The lowest BCUT2D eigenvalue weighted by Crippen LogP contribution is -2.46. The van der Waals surface area contributed by atoms with Crippen LogP contribution in [0.4, 0.5) is 0 Å². The van der Waals surface area contributed by atoms with Crippen LogP contribution in [-0.2, 0) is 17.9 Å². The summed E-state index contributed by atoms with van der Waals surface area (Å²) in [6.07, 6.45) is 5.14. The van der Waals surface area contributed by atoms with E-state index in [0.717, 1.165) is 43.9 Å². The van der Waals surface area contributed by atoms with Gasteiger partial charge in [0.15, 0.2) is 5.96 Å². The molecule has 6 heteroatoms. The molecular weight excluding hydrogens is 463 g/mol. The largest absolute Gasteiger partial charge is 0.356 e. The maximum atomic E-state index is 12.5. The third-order valence-electron chi connectivity index (χ3n) is 5.80. The monoisotopic (exact) mass is 498 g/mol. The number of halogens is 1. The van der Waals surface area contributed by atoms with Gasteiger partial charge in [0, 0.05) is 39.1 Å². The number of aliphatic imine (C=N–C) groups is 1. The molecule has 1 heterocycles. The standard InChI is InChI=1S/C22H34N4O.HI/c1-16-11-17(2)13-20(12-16)25-22(23-3)24-10-6-9-21(27)26-14-18-7-4-5-8-19(18)15-26;/h4-5,7-8,16-17,20H,6,9-15H2,1-3H3,(H2,23,24,25);1H. The van der Waals surface area contributed by atoms with E-state index in [4.69, 9.17) is 0 Å². The topological polar surface area (TPSA) is 56.7 Å². The van der Waals surface area contributed by atoms with E-state index in [9.17, 15) is 4.79 Å². The van der Waals surface area contributed by atoms with Gasteiger partial charge in [-0.1, -0.05) is 38.1 Å². The van der Waals surface area contributed by atoms with Crippen LogP contribution in [0.25, 0.3) is 0 Å². The van der Waals surface area contributed by atoms with E-state index < -0.39 is 0 Å². The van der Waals surface area contributed by atoms with Gasteiger partial charge in [-0.05, 0) is 48.6 Å². The molecule has 1 fully saturated rings. The van der Waals surface area contributed by atoms with Gasteiger partial charge in [0.05, 0.1) is 0 Å². The van der Waals surface area contributed by atoms with E-state index in [0.29, 0.717) is 12.5 Å². The van der Waals surface area contributed by atoms with E-state index in [2.05, 4.69) is 41.6 Å². The first-order chi connectivity index (χ1) is 13.0. The first-order valence-corrected chi connectivity index (χ1v) is 10.4. The summed E-state index contributed by atoms with van der Waals surface area (Å²) in [5, 5.41) is 6.94. The zero-order valence-corrected chi connectivity index (χ0v) is 19.7. The summed E-state index contributed by atoms with van der Waals surface area (Å²) < 4.78 is 0. The number of amides is 1. The molecule has 2 unspecified atom stereocenters. The van der Waals surface area contributed by atoms with Crippen molar-refractivity contribution in [3.05, 3.63) is 35.4 Å². The molecule has 2 N–H and O–H groups in total. The van der Waals surface area contributed by atoms with Gasteiger partial charge in [-0.3, -0.25) is 9.79 Å². The number of carbonyl (C=O) groups excluding carboxylic acids is 1. The van der Waals surface area contributed by atoms with Crippen molar-refractivity contribution in [2.24, 2.45) is 16.8 Å². The highest BCUT2D eigenvalue weighted by Crippen LogP contribution is 2.28. The van der Waals surface area contributed by atoms with Crippen molar-refractivity contribution in [2.75, 3.05) is 13.6 Å². The smallest absolute Gasteiger partial charge is 0.223 e. The molecule has 1 aliphatic carbocycles. The summed E-state index contributed by atoms with van der Waals surface area (Å²) in [7, 11) is 1.82. The molecule has 1 aliphatic heterocycles. The third kappa shape index (κ3) is 6.36. The Kier molecular flexibility index (Phi) is 9.05. The molecular formula is C22H35IN4O. The van der Waals surface area contributed by atoms with Crippen molar-refractivity contribution in [3.8, 4) is 0 Å². The number of carbonyl (C=O) groups is 1. The molecule has 0 radical (unpaired) electrons. The number of fused-ring (bicyclic) bond motifs is 1. The number of guanidine groups is 1. The minimum atomic E-state index is 0. The molecule has 0 saturated heterocycles. The normalized spacial score (nSPS) is 24.3. The molecule has 156 valence electrons. The van der Waals surface area contributed by atoms with Crippen molar-refractivity contribution < 1.29 is 4.79 Å². The van der Waals surface area contributed by atoms with Gasteiger partial charge in [-0.25, -0.2) is 0 Å². The summed E-state index contributed by atoms with van der Waals surface area (Å²) in [6, 6.07) is 8.83. The van der Waals surface area contributed by atoms with Crippen molar-refractivity contribution in [2.45, 2.75) is 65.1 Å². The fourth-order valence-corrected chi connectivity index (χ4v) is 4.57. The summed E-state index contributed by atoms with van der Waals surface area (Å²) >= 11 is 0. The van der Waals surface area contributed by atoms with Gasteiger partial charge in [-0.15, -0.1) is 24.0 Å². The van der Waals surface area contributed by atoms with Gasteiger partial charge >= 0.3 is 0 Å². The number of nitrogens with zero attached hydrogens (tertiary/aromatic N) is 2. The van der Waals surface area contributed by atoms with E-state index in [1.165, 1.54) is 30.4 Å². The first kappa shape index (κ1) is 23.0. The molecule has 2 aliphatic rings. The van der Waals surface area contributed by atoms with E-state index in [-0.39, 0.29) is 29.9 Å². The Morgan fingerprint density at radius 3 is 2.29 bits per heavy atom. The summed E-state index contributed by atoms with van der Waals surface area (Å²) in [5.74, 6) is 2.64. The maximum Gasteiger partial charge on any atom is 0.223 e. The molecule has 2 atom stereocenters. The van der Waals surface area contributed by atoms with Crippen molar-refractivity contribution in [1.82, 2.24) is 15.5 Å². The second-order valence-electron chi connectivity index (χ2n) is 8.38. The quantitative estimate of drug-likeness (QED) is 0.280. The molecule has 1 aromatic carbocycles. The molecule has 0 bridgehead atoms. The van der Waals surface area contributed by atoms with E-state index >= 15 is 0 Å². The fourth-order valence-electron chi connectivity index (χ4n) is 4.57. The minimum Gasteiger partial charge on any atom is -0.356 e. The zero-order chi connectivity index (χ0) is 19.2. The SMILES string of the molecule is CN=C(NCCCC(=O)N1Cc2ccccc2C1)NC1CC(C)CC(C)C1.I. The highest BCUT2D eigenvalue weighted by molar-refractivity contribution is 14.0. The second-order valence-corrected chi connectivity index (χ2v) is 8.38. The summed E-state index contributed by atoms with van der Waals surface area (Å²) in [6.45, 7) is 6.95. The van der Waals surface area contributed by atoms with E-state index in [1.807, 2.05) is 24.1 Å². The van der Waals surface area contributed by atoms with Crippen LogP contribution < -0.4 is 10.6 Å². The molecule has 3 rings (SSSR count). The van der Waals surface area contributed by atoms with Crippen LogP contribution in [0.5, 0.6) is 0 Å². The molecule has 28 heavy (non-hydrogen) atoms. The Balaban J connectivity index is 0.00000280. The fraction of sp³-hybridized carbons (Fsp3) is 0.636. The highest BCUT2D eigenvalue weighted by Gasteiger charge is 2.25. The van der Waals surface area contributed by atoms with Crippen LogP contribution in [0, 0.1) is 11.8 Å². The maximum absolute atomic E-state index is 12.5. The van der Waals surface area contributed by atoms with Crippen LogP contribution in [0.3, 0.4) is 0 Å². The first-order valence-electron chi connectivity index (χ1n) is 10.4. The van der Waals surface area contributed by atoms with Crippen molar-refractivity contribution in [1.29, 1.82) is 0 Å². The average Bonchev–Trinajstić information content (AvgIpc) is 3.07. The lowest BCUT2D eigenvalue weighted by Gasteiger charge is -2.32. The second kappa shape index (κ2) is 11.0. The van der Waals surface area contributed by atoms with Gasteiger partial charge < -0.3 is 15.5 Å². The molecule has 0 spiro atoms. The third-order valence-corrected chi connectivity index (χ3v) is 5.80. The zero-order valence-electron chi connectivity index (χ0n) is 17.4. The minimum absolute atomic E-state index is 0. The number of hydrogen-bond donors (Lipinski definition) is 2. The molecule has 1 amide bonds. The lowest BCUT2D eigenvalue weighted by molar-refractivity contribution is -0.131. The Morgan fingerprint density at radius 2 is 1.71 bits per heavy atom. The summed E-state index contributed by atoms with van der Waals surface area (Å²) in [5.41, 5.74) is 2.56.